The van der Waals surface area contributed by atoms with Gasteiger partial charge in [-0.25, -0.2) is 0 Å². The first-order valence-electron chi connectivity index (χ1n) is 9.51. The van der Waals surface area contributed by atoms with Crippen molar-refractivity contribution in [3.8, 4) is 16.9 Å². The Bertz CT molecular complexity index is 820. The fraction of sp³-hybridized carbons (Fsp3) is 0.250. The second kappa shape index (κ2) is 8.09. The number of hydrogen-bond donors (Lipinski definition) is 0. The summed E-state index contributed by atoms with van der Waals surface area (Å²) in [5.74, 6) is 0.910. The molecule has 0 unspecified atom stereocenters. The zero-order chi connectivity index (χ0) is 17.6. The zero-order valence-electron chi connectivity index (χ0n) is 15.1. The van der Waals surface area contributed by atoms with Crippen molar-refractivity contribution in [2.75, 3.05) is 18.0 Å². The molecule has 0 saturated carbocycles. The first-order chi connectivity index (χ1) is 12.9. The topological polar surface area (TPSA) is 12.5 Å². The minimum absolute atomic E-state index is 0.602. The molecule has 0 amide bonds. The van der Waals surface area contributed by atoms with Crippen molar-refractivity contribution in [2.45, 2.75) is 25.9 Å². The highest BCUT2D eigenvalue weighted by Gasteiger charge is 2.14. The molecular formula is C24H25NO. The van der Waals surface area contributed by atoms with Gasteiger partial charge in [0.2, 0.25) is 0 Å². The van der Waals surface area contributed by atoms with Crippen LogP contribution in [0.1, 0.15) is 24.8 Å². The Morgan fingerprint density at radius 1 is 0.692 bits per heavy atom. The third-order valence-corrected chi connectivity index (χ3v) is 5.01. The van der Waals surface area contributed by atoms with Crippen LogP contribution >= 0.6 is 0 Å². The van der Waals surface area contributed by atoms with Gasteiger partial charge in [0.15, 0.2) is 0 Å². The smallest absolute Gasteiger partial charge is 0.119 e. The van der Waals surface area contributed by atoms with Gasteiger partial charge in [-0.15, -0.1) is 0 Å². The highest BCUT2D eigenvalue weighted by atomic mass is 16.5. The van der Waals surface area contributed by atoms with Gasteiger partial charge in [-0.2, -0.15) is 0 Å². The molecule has 0 N–H and O–H groups in total. The standard InChI is InChI=1S/C24H25NO/c1-3-9-20(10-4-1)19-26-22-15-13-21(14-16-22)23-11-5-6-12-24(23)25-17-7-2-8-18-25/h1,3-6,9-16H,2,7-8,17-19H2. The van der Waals surface area contributed by atoms with Gasteiger partial charge in [0, 0.05) is 24.3 Å². The van der Waals surface area contributed by atoms with Crippen LogP contribution in [0.3, 0.4) is 0 Å². The highest BCUT2D eigenvalue weighted by Crippen LogP contribution is 2.33. The molecule has 1 saturated heterocycles. The molecule has 0 radical (unpaired) electrons. The molecule has 0 aliphatic carbocycles. The number of para-hydroxylation sites is 1. The van der Waals surface area contributed by atoms with Crippen LogP contribution in [-0.2, 0) is 6.61 Å². The molecule has 0 atom stereocenters. The van der Waals surface area contributed by atoms with E-state index in [1.54, 1.807) is 0 Å². The average molecular weight is 343 g/mol. The van der Waals surface area contributed by atoms with Gasteiger partial charge < -0.3 is 9.64 Å². The molecule has 4 rings (SSSR count). The van der Waals surface area contributed by atoms with Gasteiger partial charge in [-0.1, -0.05) is 60.7 Å². The number of benzene rings is 3. The number of ether oxygens (including phenoxy) is 1. The number of nitrogens with zero attached hydrogens (tertiary/aromatic N) is 1. The summed E-state index contributed by atoms with van der Waals surface area (Å²) in [4.78, 5) is 2.53. The van der Waals surface area contributed by atoms with Crippen LogP contribution in [0.2, 0.25) is 0 Å². The minimum Gasteiger partial charge on any atom is -0.489 e. The van der Waals surface area contributed by atoms with Gasteiger partial charge in [0.05, 0.1) is 0 Å². The van der Waals surface area contributed by atoms with Crippen LogP contribution < -0.4 is 9.64 Å². The Morgan fingerprint density at radius 3 is 2.15 bits per heavy atom. The quantitative estimate of drug-likeness (QED) is 0.570. The van der Waals surface area contributed by atoms with Gasteiger partial charge in [-0.3, -0.25) is 0 Å². The third kappa shape index (κ3) is 3.91. The van der Waals surface area contributed by atoms with E-state index in [0.717, 1.165) is 18.8 Å². The van der Waals surface area contributed by atoms with Crippen LogP contribution in [0.5, 0.6) is 5.75 Å². The molecule has 2 heteroatoms. The summed E-state index contributed by atoms with van der Waals surface area (Å²) in [6.07, 6.45) is 3.94. The van der Waals surface area contributed by atoms with Crippen molar-refractivity contribution in [3.05, 3.63) is 84.4 Å². The molecule has 0 spiro atoms. The summed E-state index contributed by atoms with van der Waals surface area (Å²) in [6, 6.07) is 27.5. The van der Waals surface area contributed by atoms with Crippen LogP contribution in [0, 0.1) is 0 Å². The summed E-state index contributed by atoms with van der Waals surface area (Å²) in [7, 11) is 0. The number of rotatable bonds is 5. The van der Waals surface area contributed by atoms with Crippen LogP contribution in [0.25, 0.3) is 11.1 Å². The molecule has 1 heterocycles. The SMILES string of the molecule is c1ccc(COc2ccc(-c3ccccc3N3CCCCC3)cc2)cc1. The molecule has 0 bridgehead atoms. The minimum atomic E-state index is 0.602. The Labute approximate surface area is 156 Å². The molecule has 2 nitrogen and oxygen atoms in total. The van der Waals surface area contributed by atoms with Gasteiger partial charge >= 0.3 is 0 Å². The van der Waals surface area contributed by atoms with Gasteiger partial charge in [-0.05, 0) is 48.6 Å². The van der Waals surface area contributed by atoms with Gasteiger partial charge in [0.25, 0.3) is 0 Å². The lowest BCUT2D eigenvalue weighted by molar-refractivity contribution is 0.306. The predicted molar refractivity (Wildman–Crippen MR) is 109 cm³/mol. The van der Waals surface area contributed by atoms with E-state index in [-0.39, 0.29) is 0 Å². The highest BCUT2D eigenvalue weighted by molar-refractivity contribution is 5.79. The van der Waals surface area contributed by atoms with E-state index in [1.807, 2.05) is 18.2 Å². The van der Waals surface area contributed by atoms with Crippen molar-refractivity contribution < 1.29 is 4.74 Å². The van der Waals surface area contributed by atoms with Crippen LogP contribution in [0.4, 0.5) is 5.69 Å². The maximum atomic E-state index is 5.92. The zero-order valence-corrected chi connectivity index (χ0v) is 15.1. The Balaban J connectivity index is 1.50. The maximum Gasteiger partial charge on any atom is 0.119 e. The van der Waals surface area contributed by atoms with Crippen molar-refractivity contribution in [2.24, 2.45) is 0 Å². The Hall–Kier alpha value is -2.74. The second-order valence-corrected chi connectivity index (χ2v) is 6.86. The summed E-state index contributed by atoms with van der Waals surface area (Å²) in [5.41, 5.74) is 5.10. The van der Waals surface area contributed by atoms with Gasteiger partial charge in [0.1, 0.15) is 12.4 Å². The molecular weight excluding hydrogens is 318 g/mol. The van der Waals surface area contributed by atoms with E-state index in [4.69, 9.17) is 4.74 Å². The van der Waals surface area contributed by atoms with E-state index >= 15 is 0 Å². The number of piperidine rings is 1. The predicted octanol–water partition coefficient (Wildman–Crippen LogP) is 5.92. The summed E-state index contributed by atoms with van der Waals surface area (Å²) in [6.45, 7) is 2.93. The lowest BCUT2D eigenvalue weighted by Crippen LogP contribution is -2.29. The summed E-state index contributed by atoms with van der Waals surface area (Å²) < 4.78 is 5.92. The lowest BCUT2D eigenvalue weighted by atomic mass is 10.0. The van der Waals surface area contributed by atoms with E-state index in [2.05, 4.69) is 65.6 Å². The fourth-order valence-electron chi connectivity index (χ4n) is 3.60. The number of anilines is 1. The van der Waals surface area contributed by atoms with Crippen molar-refractivity contribution in [1.29, 1.82) is 0 Å². The van der Waals surface area contributed by atoms with E-state index in [9.17, 15) is 0 Å². The molecule has 1 fully saturated rings. The Kier molecular flexibility index (Phi) is 5.20. The molecule has 26 heavy (non-hydrogen) atoms. The molecule has 1 aliphatic rings. The molecule has 3 aromatic rings. The van der Waals surface area contributed by atoms with Crippen LogP contribution in [0.15, 0.2) is 78.9 Å². The molecule has 132 valence electrons. The largest absolute Gasteiger partial charge is 0.489 e. The fourth-order valence-corrected chi connectivity index (χ4v) is 3.60. The van der Waals surface area contributed by atoms with Crippen LogP contribution in [-0.4, -0.2) is 13.1 Å². The van der Waals surface area contributed by atoms with Crippen molar-refractivity contribution in [3.63, 3.8) is 0 Å². The van der Waals surface area contributed by atoms with E-state index in [1.165, 1.54) is 41.6 Å². The molecule has 1 aliphatic heterocycles. The first kappa shape index (κ1) is 16.7. The van der Waals surface area contributed by atoms with E-state index in [0.29, 0.717) is 6.61 Å². The average Bonchev–Trinajstić information content (AvgIpc) is 2.74. The first-order valence-corrected chi connectivity index (χ1v) is 9.51. The summed E-state index contributed by atoms with van der Waals surface area (Å²) in [5, 5.41) is 0. The normalized spacial score (nSPS) is 14.2. The molecule has 3 aromatic carbocycles. The third-order valence-electron chi connectivity index (χ3n) is 5.01. The lowest BCUT2D eigenvalue weighted by Gasteiger charge is -2.30. The second-order valence-electron chi connectivity index (χ2n) is 6.86. The number of hydrogen-bond acceptors (Lipinski definition) is 2. The van der Waals surface area contributed by atoms with E-state index < -0.39 is 0 Å². The van der Waals surface area contributed by atoms with Crippen molar-refractivity contribution >= 4 is 5.69 Å². The Morgan fingerprint density at radius 2 is 1.38 bits per heavy atom. The molecule has 0 aromatic heterocycles. The maximum absolute atomic E-state index is 5.92. The van der Waals surface area contributed by atoms with Crippen molar-refractivity contribution in [1.82, 2.24) is 0 Å². The summed E-state index contributed by atoms with van der Waals surface area (Å²) >= 11 is 0. The monoisotopic (exact) mass is 343 g/mol.